The van der Waals surface area contributed by atoms with Crippen LogP contribution in [0, 0.1) is 5.41 Å². The van der Waals surface area contributed by atoms with Crippen LogP contribution >= 0.6 is 35.6 Å². The number of aliphatic imine (C=N–C) groups is 1. The normalized spacial score (nSPS) is 20.0. The standard InChI is InChI=1S/C22H35ClN4O2.HI/c1-24-21(26-17-22(8-5-9-22)10-13-28-2)25-16-20(27-11-14-29-15-12-27)18-6-3-4-7-19(18)23;/h3-4,6-7,20H,5,8-17H2,1-2H3,(H2,24,25,26);1H. The number of rotatable bonds is 9. The van der Waals surface area contributed by atoms with Gasteiger partial charge in [0, 0.05) is 52.0 Å². The Kier molecular flexibility index (Phi) is 11.2. The molecule has 1 atom stereocenters. The molecule has 8 heteroatoms. The molecular formula is C22H36ClIN4O2. The SMILES string of the molecule is CN=C(NCC(c1ccccc1Cl)N1CCOCC1)NCC1(CCOC)CCC1.I. The van der Waals surface area contributed by atoms with Crippen molar-refractivity contribution in [2.45, 2.75) is 31.7 Å². The molecule has 1 aliphatic carbocycles. The van der Waals surface area contributed by atoms with Gasteiger partial charge >= 0.3 is 0 Å². The molecule has 1 aliphatic heterocycles. The van der Waals surface area contributed by atoms with Gasteiger partial charge in [0.15, 0.2) is 5.96 Å². The summed E-state index contributed by atoms with van der Waals surface area (Å²) in [6, 6.07) is 8.30. The highest BCUT2D eigenvalue weighted by atomic mass is 127. The molecule has 2 N–H and O–H groups in total. The molecule has 1 aromatic rings. The molecule has 2 fully saturated rings. The Morgan fingerprint density at radius 2 is 2.00 bits per heavy atom. The molecule has 0 aromatic heterocycles. The minimum absolute atomic E-state index is 0. The maximum absolute atomic E-state index is 6.54. The molecule has 0 bridgehead atoms. The summed E-state index contributed by atoms with van der Waals surface area (Å²) in [5, 5.41) is 7.90. The van der Waals surface area contributed by atoms with Gasteiger partial charge in [-0.1, -0.05) is 36.2 Å². The second kappa shape index (κ2) is 13.1. The number of halogens is 2. The van der Waals surface area contributed by atoms with Gasteiger partial charge in [-0.15, -0.1) is 24.0 Å². The van der Waals surface area contributed by atoms with Crippen molar-refractivity contribution in [3.63, 3.8) is 0 Å². The van der Waals surface area contributed by atoms with E-state index in [0.717, 1.165) is 69.0 Å². The van der Waals surface area contributed by atoms with E-state index < -0.39 is 0 Å². The Hall–Kier alpha value is -0.610. The van der Waals surface area contributed by atoms with Crippen LogP contribution in [0.2, 0.25) is 5.02 Å². The lowest BCUT2D eigenvalue weighted by Crippen LogP contribution is -2.49. The van der Waals surface area contributed by atoms with Crippen molar-refractivity contribution in [2.24, 2.45) is 10.4 Å². The smallest absolute Gasteiger partial charge is 0.191 e. The Morgan fingerprint density at radius 3 is 2.60 bits per heavy atom. The Balaban J connectivity index is 0.00000320. The van der Waals surface area contributed by atoms with Crippen molar-refractivity contribution >= 4 is 41.5 Å². The first-order valence-electron chi connectivity index (χ1n) is 10.7. The van der Waals surface area contributed by atoms with Gasteiger partial charge in [0.05, 0.1) is 19.3 Å². The number of nitrogens with one attached hydrogen (secondary N) is 2. The van der Waals surface area contributed by atoms with Gasteiger partial charge in [0.25, 0.3) is 0 Å². The summed E-state index contributed by atoms with van der Waals surface area (Å²) in [5.74, 6) is 0.846. The zero-order chi connectivity index (χ0) is 20.5. The minimum Gasteiger partial charge on any atom is -0.385 e. The van der Waals surface area contributed by atoms with Crippen LogP contribution in [0.15, 0.2) is 29.3 Å². The third-order valence-electron chi connectivity index (χ3n) is 6.32. The van der Waals surface area contributed by atoms with E-state index in [-0.39, 0.29) is 30.0 Å². The summed E-state index contributed by atoms with van der Waals surface area (Å²) in [4.78, 5) is 6.89. The van der Waals surface area contributed by atoms with E-state index in [9.17, 15) is 0 Å². The lowest BCUT2D eigenvalue weighted by Gasteiger charge is -2.42. The third-order valence-corrected chi connectivity index (χ3v) is 6.66. The average molecular weight is 551 g/mol. The number of ether oxygens (including phenoxy) is 2. The van der Waals surface area contributed by atoms with Crippen LogP contribution in [0.25, 0.3) is 0 Å². The maximum Gasteiger partial charge on any atom is 0.191 e. The van der Waals surface area contributed by atoms with Crippen molar-refractivity contribution in [1.29, 1.82) is 0 Å². The second-order valence-corrected chi connectivity index (χ2v) is 8.50. The van der Waals surface area contributed by atoms with Crippen LogP contribution < -0.4 is 10.6 Å². The predicted octanol–water partition coefficient (Wildman–Crippen LogP) is 3.70. The summed E-state index contributed by atoms with van der Waals surface area (Å²) in [7, 11) is 3.61. The third kappa shape index (κ3) is 6.95. The van der Waals surface area contributed by atoms with E-state index in [4.69, 9.17) is 21.1 Å². The van der Waals surface area contributed by atoms with Gasteiger partial charge in [0.1, 0.15) is 0 Å². The van der Waals surface area contributed by atoms with E-state index in [1.54, 1.807) is 7.11 Å². The molecule has 6 nitrogen and oxygen atoms in total. The first-order chi connectivity index (χ1) is 14.2. The molecule has 2 aliphatic rings. The highest BCUT2D eigenvalue weighted by molar-refractivity contribution is 14.0. The molecule has 1 heterocycles. The molecule has 3 rings (SSSR count). The largest absolute Gasteiger partial charge is 0.385 e. The van der Waals surface area contributed by atoms with Gasteiger partial charge in [-0.3, -0.25) is 9.89 Å². The highest BCUT2D eigenvalue weighted by Gasteiger charge is 2.36. The predicted molar refractivity (Wildman–Crippen MR) is 134 cm³/mol. The second-order valence-electron chi connectivity index (χ2n) is 8.09. The van der Waals surface area contributed by atoms with Crippen molar-refractivity contribution < 1.29 is 9.47 Å². The molecule has 0 spiro atoms. The van der Waals surface area contributed by atoms with Gasteiger partial charge in [-0.05, 0) is 36.3 Å². The Labute approximate surface area is 203 Å². The number of methoxy groups -OCH3 is 1. The number of hydrogen-bond donors (Lipinski definition) is 2. The molecular weight excluding hydrogens is 515 g/mol. The van der Waals surface area contributed by atoms with Gasteiger partial charge < -0.3 is 20.1 Å². The van der Waals surface area contributed by atoms with Crippen LogP contribution in [0.4, 0.5) is 0 Å². The highest BCUT2D eigenvalue weighted by Crippen LogP contribution is 2.43. The maximum atomic E-state index is 6.54. The van der Waals surface area contributed by atoms with Crippen LogP contribution in [-0.2, 0) is 9.47 Å². The summed E-state index contributed by atoms with van der Waals surface area (Å²) in [6.07, 6.45) is 4.93. The first-order valence-corrected chi connectivity index (χ1v) is 11.0. The fraction of sp³-hybridized carbons (Fsp3) is 0.682. The summed E-state index contributed by atoms with van der Waals surface area (Å²) in [6.45, 7) is 5.83. The number of morpholine rings is 1. The van der Waals surface area contributed by atoms with Gasteiger partial charge in [-0.2, -0.15) is 0 Å². The van der Waals surface area contributed by atoms with Crippen LogP contribution in [-0.4, -0.2) is 71.0 Å². The lowest BCUT2D eigenvalue weighted by molar-refractivity contribution is 0.0170. The summed E-state index contributed by atoms with van der Waals surface area (Å²) < 4.78 is 10.9. The van der Waals surface area contributed by atoms with Crippen molar-refractivity contribution in [1.82, 2.24) is 15.5 Å². The quantitative estimate of drug-likeness (QED) is 0.279. The van der Waals surface area contributed by atoms with Crippen molar-refractivity contribution in [3.8, 4) is 0 Å². The summed E-state index contributed by atoms with van der Waals surface area (Å²) in [5.41, 5.74) is 1.49. The van der Waals surface area contributed by atoms with E-state index in [1.807, 2.05) is 19.2 Å². The monoisotopic (exact) mass is 550 g/mol. The zero-order valence-corrected chi connectivity index (χ0v) is 21.2. The van der Waals surface area contributed by atoms with Crippen LogP contribution in [0.3, 0.4) is 0 Å². The van der Waals surface area contributed by atoms with Crippen molar-refractivity contribution in [2.75, 3.05) is 60.2 Å². The van der Waals surface area contributed by atoms with E-state index in [1.165, 1.54) is 19.3 Å². The summed E-state index contributed by atoms with van der Waals surface area (Å²) >= 11 is 6.54. The molecule has 1 saturated heterocycles. The molecule has 1 unspecified atom stereocenters. The van der Waals surface area contributed by atoms with Crippen LogP contribution in [0.5, 0.6) is 0 Å². The number of hydrogen-bond acceptors (Lipinski definition) is 4. The molecule has 170 valence electrons. The molecule has 30 heavy (non-hydrogen) atoms. The Morgan fingerprint density at radius 1 is 1.27 bits per heavy atom. The molecule has 0 radical (unpaired) electrons. The van der Waals surface area contributed by atoms with Crippen molar-refractivity contribution in [3.05, 3.63) is 34.9 Å². The molecule has 0 amide bonds. The van der Waals surface area contributed by atoms with E-state index in [2.05, 4.69) is 32.7 Å². The Bertz CT molecular complexity index is 666. The first kappa shape index (κ1) is 25.6. The topological polar surface area (TPSA) is 58.1 Å². The molecule has 1 aromatic carbocycles. The minimum atomic E-state index is 0. The molecule has 1 saturated carbocycles. The number of benzene rings is 1. The number of nitrogens with zero attached hydrogens (tertiary/aromatic N) is 2. The van der Waals surface area contributed by atoms with E-state index in [0.29, 0.717) is 5.41 Å². The van der Waals surface area contributed by atoms with Gasteiger partial charge in [0.2, 0.25) is 0 Å². The average Bonchev–Trinajstić information content (AvgIpc) is 2.73. The van der Waals surface area contributed by atoms with Crippen LogP contribution in [0.1, 0.15) is 37.3 Å². The lowest BCUT2D eigenvalue weighted by atomic mass is 9.67. The fourth-order valence-corrected chi connectivity index (χ4v) is 4.53. The van der Waals surface area contributed by atoms with Gasteiger partial charge in [-0.25, -0.2) is 0 Å². The fourth-order valence-electron chi connectivity index (χ4n) is 4.27. The number of guanidine groups is 1. The van der Waals surface area contributed by atoms with E-state index >= 15 is 0 Å². The zero-order valence-electron chi connectivity index (χ0n) is 18.2.